The average molecular weight is 224 g/mol. The SMILES string of the molecule is N#CCCCCSc1cc(N)cc(F)c1. The molecule has 0 radical (unpaired) electrons. The third kappa shape index (κ3) is 4.71. The standard InChI is InChI=1S/C11H13FN2S/c12-9-6-10(14)8-11(7-9)15-5-3-1-2-4-13/h6-8H,1-3,5,14H2. The van der Waals surface area contributed by atoms with Gasteiger partial charge < -0.3 is 5.73 Å². The summed E-state index contributed by atoms with van der Waals surface area (Å²) in [6, 6.07) is 6.64. The van der Waals surface area contributed by atoms with E-state index in [1.807, 2.05) is 0 Å². The molecular formula is C11H13FN2S. The molecule has 0 heterocycles. The van der Waals surface area contributed by atoms with Crippen LogP contribution in [0, 0.1) is 17.1 Å². The minimum atomic E-state index is -0.297. The Bertz CT molecular complexity index is 340. The second-order valence-electron chi connectivity index (χ2n) is 3.18. The first kappa shape index (κ1) is 11.9. The van der Waals surface area contributed by atoms with E-state index in [0.717, 1.165) is 23.5 Å². The maximum atomic E-state index is 12.9. The van der Waals surface area contributed by atoms with Crippen molar-refractivity contribution in [2.75, 3.05) is 11.5 Å². The van der Waals surface area contributed by atoms with Crippen LogP contribution in [-0.4, -0.2) is 5.75 Å². The summed E-state index contributed by atoms with van der Waals surface area (Å²) >= 11 is 1.57. The molecule has 0 unspecified atom stereocenters. The molecular weight excluding hydrogens is 211 g/mol. The van der Waals surface area contributed by atoms with Crippen molar-refractivity contribution in [3.8, 4) is 6.07 Å². The van der Waals surface area contributed by atoms with Crippen molar-refractivity contribution in [2.45, 2.75) is 24.2 Å². The summed E-state index contributed by atoms with van der Waals surface area (Å²) < 4.78 is 12.9. The highest BCUT2D eigenvalue weighted by molar-refractivity contribution is 7.99. The first-order chi connectivity index (χ1) is 7.22. The molecule has 0 saturated heterocycles. The van der Waals surface area contributed by atoms with Crippen molar-refractivity contribution in [2.24, 2.45) is 0 Å². The average Bonchev–Trinajstić information content (AvgIpc) is 2.16. The number of thioether (sulfide) groups is 1. The monoisotopic (exact) mass is 224 g/mol. The smallest absolute Gasteiger partial charge is 0.126 e. The molecule has 0 amide bonds. The predicted molar refractivity (Wildman–Crippen MR) is 61.0 cm³/mol. The fourth-order valence-electron chi connectivity index (χ4n) is 1.16. The minimum Gasteiger partial charge on any atom is -0.399 e. The van der Waals surface area contributed by atoms with Gasteiger partial charge in [0, 0.05) is 17.0 Å². The Labute approximate surface area is 93.3 Å². The lowest BCUT2D eigenvalue weighted by atomic mass is 10.3. The number of unbranched alkanes of at least 4 members (excludes halogenated alkanes) is 2. The fraction of sp³-hybridized carbons (Fsp3) is 0.364. The van der Waals surface area contributed by atoms with E-state index in [9.17, 15) is 4.39 Å². The second-order valence-corrected chi connectivity index (χ2v) is 4.35. The van der Waals surface area contributed by atoms with E-state index in [1.165, 1.54) is 12.1 Å². The molecule has 2 N–H and O–H groups in total. The van der Waals surface area contributed by atoms with Crippen LogP contribution in [0.25, 0.3) is 0 Å². The summed E-state index contributed by atoms with van der Waals surface area (Å²) in [6.07, 6.45) is 2.45. The largest absolute Gasteiger partial charge is 0.399 e. The van der Waals surface area contributed by atoms with Gasteiger partial charge in [-0.3, -0.25) is 0 Å². The molecule has 0 aliphatic heterocycles. The van der Waals surface area contributed by atoms with Crippen molar-refractivity contribution in [1.82, 2.24) is 0 Å². The Balaban J connectivity index is 2.34. The number of nitriles is 1. The second kappa shape index (κ2) is 6.31. The van der Waals surface area contributed by atoms with E-state index in [4.69, 9.17) is 11.0 Å². The Morgan fingerprint density at radius 2 is 2.13 bits per heavy atom. The van der Waals surface area contributed by atoms with Crippen LogP contribution < -0.4 is 5.73 Å². The summed E-state index contributed by atoms with van der Waals surface area (Å²) in [7, 11) is 0. The molecule has 0 saturated carbocycles. The number of nitrogen functional groups attached to an aromatic ring is 1. The Morgan fingerprint density at radius 1 is 1.33 bits per heavy atom. The number of hydrogen-bond acceptors (Lipinski definition) is 3. The van der Waals surface area contributed by atoms with Gasteiger partial charge in [0.1, 0.15) is 5.82 Å². The zero-order valence-electron chi connectivity index (χ0n) is 8.37. The van der Waals surface area contributed by atoms with Crippen LogP contribution in [0.15, 0.2) is 23.1 Å². The van der Waals surface area contributed by atoms with Crippen LogP contribution in [0.3, 0.4) is 0 Å². The van der Waals surface area contributed by atoms with Gasteiger partial charge in [-0.15, -0.1) is 11.8 Å². The highest BCUT2D eigenvalue weighted by Crippen LogP contribution is 2.23. The molecule has 0 fully saturated rings. The first-order valence-corrected chi connectivity index (χ1v) is 5.77. The van der Waals surface area contributed by atoms with E-state index in [0.29, 0.717) is 12.1 Å². The summed E-state index contributed by atoms with van der Waals surface area (Å²) in [5, 5.41) is 8.33. The summed E-state index contributed by atoms with van der Waals surface area (Å²) in [4.78, 5) is 0.851. The van der Waals surface area contributed by atoms with Gasteiger partial charge in [0.15, 0.2) is 0 Å². The van der Waals surface area contributed by atoms with E-state index in [1.54, 1.807) is 17.8 Å². The van der Waals surface area contributed by atoms with Gasteiger partial charge >= 0.3 is 0 Å². The maximum absolute atomic E-state index is 12.9. The van der Waals surface area contributed by atoms with Gasteiger partial charge in [0.05, 0.1) is 6.07 Å². The Kier molecular flexibility index (Phi) is 4.99. The molecule has 1 aromatic carbocycles. The fourth-order valence-corrected chi connectivity index (χ4v) is 2.16. The summed E-state index contributed by atoms with van der Waals surface area (Å²) in [5.41, 5.74) is 5.97. The number of nitrogens with two attached hydrogens (primary N) is 1. The van der Waals surface area contributed by atoms with Gasteiger partial charge in [0.2, 0.25) is 0 Å². The number of benzene rings is 1. The van der Waals surface area contributed by atoms with Gasteiger partial charge in [0.25, 0.3) is 0 Å². The van der Waals surface area contributed by atoms with E-state index in [-0.39, 0.29) is 5.82 Å². The van der Waals surface area contributed by atoms with Crippen molar-refractivity contribution in [1.29, 1.82) is 5.26 Å². The number of halogens is 1. The van der Waals surface area contributed by atoms with Gasteiger partial charge in [-0.1, -0.05) is 0 Å². The summed E-state index contributed by atoms with van der Waals surface area (Å²) in [6.45, 7) is 0. The molecule has 1 rings (SSSR count). The van der Waals surface area contributed by atoms with Crippen LogP contribution in [0.2, 0.25) is 0 Å². The topological polar surface area (TPSA) is 49.8 Å². The van der Waals surface area contributed by atoms with Crippen LogP contribution in [-0.2, 0) is 0 Å². The van der Waals surface area contributed by atoms with E-state index < -0.39 is 0 Å². The Morgan fingerprint density at radius 3 is 2.80 bits per heavy atom. The molecule has 80 valence electrons. The van der Waals surface area contributed by atoms with Gasteiger partial charge in [-0.25, -0.2) is 4.39 Å². The molecule has 4 heteroatoms. The molecule has 0 atom stereocenters. The van der Waals surface area contributed by atoms with Crippen LogP contribution in [0.5, 0.6) is 0 Å². The van der Waals surface area contributed by atoms with Crippen molar-refractivity contribution in [3.63, 3.8) is 0 Å². The normalized spacial score (nSPS) is 9.87. The molecule has 0 aliphatic carbocycles. The lowest BCUT2D eigenvalue weighted by molar-refractivity contribution is 0.625. The Hall–Kier alpha value is -1.21. The lowest BCUT2D eigenvalue weighted by Crippen LogP contribution is -1.88. The third-order valence-corrected chi connectivity index (χ3v) is 2.91. The predicted octanol–water partition coefficient (Wildman–Crippen LogP) is 3.19. The molecule has 0 bridgehead atoms. The van der Waals surface area contributed by atoms with E-state index >= 15 is 0 Å². The summed E-state index contributed by atoms with van der Waals surface area (Å²) in [5.74, 6) is 0.597. The minimum absolute atomic E-state index is 0.297. The molecule has 0 spiro atoms. The molecule has 0 aliphatic rings. The van der Waals surface area contributed by atoms with Gasteiger partial charge in [-0.05, 0) is 36.8 Å². The zero-order valence-corrected chi connectivity index (χ0v) is 9.19. The zero-order chi connectivity index (χ0) is 11.1. The number of rotatable bonds is 5. The molecule has 15 heavy (non-hydrogen) atoms. The quantitative estimate of drug-likeness (QED) is 0.474. The van der Waals surface area contributed by atoms with Crippen molar-refractivity contribution in [3.05, 3.63) is 24.0 Å². The first-order valence-electron chi connectivity index (χ1n) is 4.78. The van der Waals surface area contributed by atoms with Gasteiger partial charge in [-0.2, -0.15) is 5.26 Å². The van der Waals surface area contributed by atoms with Crippen molar-refractivity contribution >= 4 is 17.4 Å². The number of nitrogens with zero attached hydrogens (tertiary/aromatic N) is 1. The third-order valence-electron chi connectivity index (χ3n) is 1.85. The maximum Gasteiger partial charge on any atom is 0.126 e. The molecule has 0 aromatic heterocycles. The number of anilines is 1. The highest BCUT2D eigenvalue weighted by atomic mass is 32.2. The number of hydrogen-bond donors (Lipinski definition) is 1. The van der Waals surface area contributed by atoms with Crippen LogP contribution in [0.4, 0.5) is 10.1 Å². The lowest BCUT2D eigenvalue weighted by Gasteiger charge is -2.02. The van der Waals surface area contributed by atoms with Crippen molar-refractivity contribution < 1.29 is 4.39 Å². The van der Waals surface area contributed by atoms with E-state index in [2.05, 4.69) is 6.07 Å². The molecule has 1 aromatic rings. The van der Waals surface area contributed by atoms with Crippen LogP contribution >= 0.6 is 11.8 Å². The molecule has 2 nitrogen and oxygen atoms in total. The highest BCUT2D eigenvalue weighted by Gasteiger charge is 1.99. The van der Waals surface area contributed by atoms with Crippen LogP contribution in [0.1, 0.15) is 19.3 Å².